The molecule has 6 heteroatoms. The summed E-state index contributed by atoms with van der Waals surface area (Å²) < 4.78 is 0. The predicted octanol–water partition coefficient (Wildman–Crippen LogP) is 3.59. The Morgan fingerprint density at radius 2 is 1.30 bits per heavy atom. The molecule has 30 heavy (non-hydrogen) atoms. The molecule has 0 fully saturated rings. The molecule has 3 amide bonds. The molecule has 0 aliphatic heterocycles. The third-order valence-electron chi connectivity index (χ3n) is 4.65. The molecule has 6 nitrogen and oxygen atoms in total. The highest BCUT2D eigenvalue weighted by Gasteiger charge is 2.09. The van der Waals surface area contributed by atoms with Crippen LogP contribution in [0.15, 0.2) is 66.7 Å². The number of hydrogen-bond donors (Lipinski definition) is 3. The first kappa shape index (κ1) is 21.0. The number of benzene rings is 3. The minimum Gasteiger partial charge on any atom is -0.350 e. The Morgan fingerprint density at radius 1 is 0.733 bits per heavy atom. The standard InChI is InChI=1S/C24H25N3O3/c1-16(2)22(28)27-21-11-9-18(10-12-21)23(29)25-13-14-26-24(30)20-8-7-17-5-3-4-6-19(17)15-20/h3-12,15-16H,13-14H2,1-2H3,(H,25,29)(H,26,30)(H,27,28). The average Bonchev–Trinajstić information content (AvgIpc) is 2.76. The molecule has 0 radical (unpaired) electrons. The second kappa shape index (κ2) is 9.69. The summed E-state index contributed by atoms with van der Waals surface area (Å²) in [6.07, 6.45) is 0. The van der Waals surface area contributed by atoms with E-state index in [1.165, 1.54) is 0 Å². The van der Waals surface area contributed by atoms with Gasteiger partial charge in [-0.1, -0.05) is 44.2 Å². The number of fused-ring (bicyclic) bond motifs is 1. The zero-order valence-electron chi connectivity index (χ0n) is 17.1. The summed E-state index contributed by atoms with van der Waals surface area (Å²) in [5, 5.41) is 10.4. The van der Waals surface area contributed by atoms with Crippen molar-refractivity contribution >= 4 is 34.2 Å². The average molecular weight is 403 g/mol. The lowest BCUT2D eigenvalue weighted by Crippen LogP contribution is -2.34. The quantitative estimate of drug-likeness (QED) is 0.527. The van der Waals surface area contributed by atoms with Gasteiger partial charge in [0.15, 0.2) is 0 Å². The van der Waals surface area contributed by atoms with Gasteiger partial charge in [0, 0.05) is 35.8 Å². The van der Waals surface area contributed by atoms with Crippen LogP contribution in [0, 0.1) is 5.92 Å². The number of nitrogens with one attached hydrogen (secondary N) is 3. The molecular weight excluding hydrogens is 378 g/mol. The van der Waals surface area contributed by atoms with Gasteiger partial charge in [-0.25, -0.2) is 0 Å². The van der Waals surface area contributed by atoms with Crippen LogP contribution in [0.4, 0.5) is 5.69 Å². The minimum atomic E-state index is -0.239. The first-order valence-electron chi connectivity index (χ1n) is 9.90. The third-order valence-corrected chi connectivity index (χ3v) is 4.65. The molecule has 0 unspecified atom stereocenters. The molecule has 0 aromatic heterocycles. The summed E-state index contributed by atoms with van der Waals surface area (Å²) in [5.74, 6) is -0.607. The van der Waals surface area contributed by atoms with E-state index in [9.17, 15) is 14.4 Å². The number of carbonyl (C=O) groups excluding carboxylic acids is 3. The molecule has 0 bridgehead atoms. The van der Waals surface area contributed by atoms with Gasteiger partial charge < -0.3 is 16.0 Å². The van der Waals surface area contributed by atoms with Gasteiger partial charge in [0.2, 0.25) is 5.91 Å². The van der Waals surface area contributed by atoms with Crippen molar-refractivity contribution in [3.63, 3.8) is 0 Å². The van der Waals surface area contributed by atoms with Crippen molar-refractivity contribution in [2.75, 3.05) is 18.4 Å². The van der Waals surface area contributed by atoms with Gasteiger partial charge in [0.25, 0.3) is 11.8 Å². The highest BCUT2D eigenvalue weighted by Crippen LogP contribution is 2.15. The first-order chi connectivity index (χ1) is 14.4. The van der Waals surface area contributed by atoms with E-state index in [-0.39, 0.29) is 23.6 Å². The molecule has 0 aliphatic rings. The van der Waals surface area contributed by atoms with Crippen molar-refractivity contribution in [1.82, 2.24) is 10.6 Å². The fraction of sp³-hybridized carbons (Fsp3) is 0.208. The van der Waals surface area contributed by atoms with Crippen molar-refractivity contribution in [2.45, 2.75) is 13.8 Å². The van der Waals surface area contributed by atoms with E-state index in [0.29, 0.717) is 29.9 Å². The summed E-state index contributed by atoms with van der Waals surface area (Å²) in [5.41, 5.74) is 1.71. The Hall–Kier alpha value is -3.67. The van der Waals surface area contributed by atoms with Crippen LogP contribution >= 0.6 is 0 Å². The third kappa shape index (κ3) is 5.44. The highest BCUT2D eigenvalue weighted by molar-refractivity contribution is 5.99. The smallest absolute Gasteiger partial charge is 0.251 e. The van der Waals surface area contributed by atoms with Gasteiger partial charge in [-0.3, -0.25) is 14.4 Å². The lowest BCUT2D eigenvalue weighted by molar-refractivity contribution is -0.118. The SMILES string of the molecule is CC(C)C(=O)Nc1ccc(C(=O)NCCNC(=O)c2ccc3ccccc3c2)cc1. The van der Waals surface area contributed by atoms with Crippen LogP contribution in [0.2, 0.25) is 0 Å². The molecule has 3 aromatic rings. The number of amides is 3. The zero-order chi connectivity index (χ0) is 21.5. The molecule has 3 aromatic carbocycles. The number of anilines is 1. The number of rotatable bonds is 7. The van der Waals surface area contributed by atoms with Crippen molar-refractivity contribution in [2.24, 2.45) is 5.92 Å². The maximum Gasteiger partial charge on any atom is 0.251 e. The fourth-order valence-electron chi connectivity index (χ4n) is 2.88. The first-order valence-corrected chi connectivity index (χ1v) is 9.90. The van der Waals surface area contributed by atoms with Crippen LogP contribution in [-0.4, -0.2) is 30.8 Å². The van der Waals surface area contributed by atoms with Crippen molar-refractivity contribution in [1.29, 1.82) is 0 Å². The maximum absolute atomic E-state index is 12.3. The van der Waals surface area contributed by atoms with E-state index in [0.717, 1.165) is 10.8 Å². The Balaban J connectivity index is 1.45. The monoisotopic (exact) mass is 403 g/mol. The lowest BCUT2D eigenvalue weighted by Gasteiger charge is -2.10. The summed E-state index contributed by atoms with van der Waals surface area (Å²) in [6, 6.07) is 20.1. The largest absolute Gasteiger partial charge is 0.350 e. The van der Waals surface area contributed by atoms with Crippen molar-refractivity contribution in [3.8, 4) is 0 Å². The summed E-state index contributed by atoms with van der Waals surface area (Å²) in [7, 11) is 0. The molecular formula is C24H25N3O3. The summed E-state index contributed by atoms with van der Waals surface area (Å²) in [4.78, 5) is 36.3. The van der Waals surface area contributed by atoms with Crippen LogP contribution in [0.1, 0.15) is 34.6 Å². The van der Waals surface area contributed by atoms with E-state index in [1.807, 2.05) is 50.2 Å². The second-order valence-electron chi connectivity index (χ2n) is 7.30. The topological polar surface area (TPSA) is 87.3 Å². The van der Waals surface area contributed by atoms with E-state index in [1.54, 1.807) is 30.3 Å². The van der Waals surface area contributed by atoms with E-state index < -0.39 is 0 Å². The summed E-state index contributed by atoms with van der Waals surface area (Å²) in [6.45, 7) is 4.26. The predicted molar refractivity (Wildman–Crippen MR) is 119 cm³/mol. The Labute approximate surface area is 175 Å². The van der Waals surface area contributed by atoms with Crippen molar-refractivity contribution < 1.29 is 14.4 Å². The molecule has 0 heterocycles. The molecule has 154 valence electrons. The fourth-order valence-corrected chi connectivity index (χ4v) is 2.88. The number of carbonyl (C=O) groups is 3. The lowest BCUT2D eigenvalue weighted by atomic mass is 10.1. The van der Waals surface area contributed by atoms with Crippen LogP contribution < -0.4 is 16.0 Å². The van der Waals surface area contributed by atoms with Gasteiger partial charge >= 0.3 is 0 Å². The highest BCUT2D eigenvalue weighted by atomic mass is 16.2. The van der Waals surface area contributed by atoms with E-state index in [2.05, 4.69) is 16.0 Å². The molecule has 3 rings (SSSR count). The van der Waals surface area contributed by atoms with Gasteiger partial charge in [-0.05, 0) is 47.2 Å². The second-order valence-corrected chi connectivity index (χ2v) is 7.30. The van der Waals surface area contributed by atoms with Gasteiger partial charge in [-0.15, -0.1) is 0 Å². The molecule has 0 atom stereocenters. The maximum atomic E-state index is 12.3. The molecule has 0 aliphatic carbocycles. The molecule has 0 saturated heterocycles. The van der Waals surface area contributed by atoms with E-state index in [4.69, 9.17) is 0 Å². The molecule has 3 N–H and O–H groups in total. The van der Waals surface area contributed by atoms with Gasteiger partial charge in [0.05, 0.1) is 0 Å². The molecule has 0 saturated carbocycles. The van der Waals surface area contributed by atoms with Gasteiger partial charge in [0.1, 0.15) is 0 Å². The van der Waals surface area contributed by atoms with Crippen molar-refractivity contribution in [3.05, 3.63) is 77.9 Å². The van der Waals surface area contributed by atoms with Gasteiger partial charge in [-0.2, -0.15) is 0 Å². The van der Waals surface area contributed by atoms with Crippen LogP contribution in [0.5, 0.6) is 0 Å². The summed E-state index contributed by atoms with van der Waals surface area (Å²) >= 11 is 0. The Bertz CT molecular complexity index is 1060. The molecule has 0 spiro atoms. The normalized spacial score (nSPS) is 10.6. The number of hydrogen-bond acceptors (Lipinski definition) is 3. The Morgan fingerprint density at radius 3 is 1.93 bits per heavy atom. The van der Waals surface area contributed by atoms with E-state index >= 15 is 0 Å². The van der Waals surface area contributed by atoms with Crippen LogP contribution in [-0.2, 0) is 4.79 Å². The van der Waals surface area contributed by atoms with Crippen LogP contribution in [0.3, 0.4) is 0 Å². The minimum absolute atomic E-state index is 0.0747. The zero-order valence-corrected chi connectivity index (χ0v) is 17.1. The Kier molecular flexibility index (Phi) is 6.80. The van der Waals surface area contributed by atoms with Crippen LogP contribution in [0.25, 0.3) is 10.8 Å².